The highest BCUT2D eigenvalue weighted by Crippen LogP contribution is 2.34. The maximum Gasteiger partial charge on any atom is 0.228 e. The second-order valence-corrected chi connectivity index (χ2v) is 7.93. The summed E-state index contributed by atoms with van der Waals surface area (Å²) < 4.78 is 1.88. The summed E-state index contributed by atoms with van der Waals surface area (Å²) in [6, 6.07) is 27.5. The zero-order chi connectivity index (χ0) is 20.8. The molecule has 0 N–H and O–H groups in total. The largest absolute Gasteiger partial charge is 0.287 e. The Bertz CT molecular complexity index is 1530. The predicted molar refractivity (Wildman–Crippen MR) is 125 cm³/mol. The zero-order valence-electron chi connectivity index (χ0n) is 16.8. The first-order valence-electron chi connectivity index (χ1n) is 10.4. The average Bonchev–Trinajstić information content (AvgIpc) is 2.80. The molecule has 3 heteroatoms. The van der Waals surface area contributed by atoms with Gasteiger partial charge in [0.2, 0.25) is 12.3 Å². The Kier molecular flexibility index (Phi) is 4.00. The van der Waals surface area contributed by atoms with Gasteiger partial charge in [-0.05, 0) is 73.4 Å². The minimum atomic E-state index is 0.0948. The van der Waals surface area contributed by atoms with Crippen LogP contribution in [0.1, 0.15) is 10.4 Å². The molecule has 0 atom stereocenters. The van der Waals surface area contributed by atoms with E-state index in [1.54, 1.807) is 12.4 Å². The number of nitrogens with zero attached hydrogens (tertiary/aromatic N) is 2. The van der Waals surface area contributed by atoms with Crippen molar-refractivity contribution < 1.29 is 9.36 Å². The van der Waals surface area contributed by atoms with E-state index in [2.05, 4.69) is 71.7 Å². The highest BCUT2D eigenvalue weighted by molar-refractivity contribution is 6.22. The Morgan fingerprint density at radius 3 is 1.61 bits per heavy atom. The molecule has 0 aliphatic heterocycles. The third kappa shape index (κ3) is 3.03. The number of hydrogen-bond acceptors (Lipinski definition) is 2. The normalized spacial score (nSPS) is 11.5. The summed E-state index contributed by atoms with van der Waals surface area (Å²) >= 11 is 0. The molecular weight excluding hydrogens is 380 g/mol. The molecular formula is C28H19N2O+. The SMILES string of the molecule is O=C(C[n+]1ccncc1)c1c2cc3ccccc3cc2cc2cc3ccccc3cc12. The van der Waals surface area contributed by atoms with Gasteiger partial charge in [-0.2, -0.15) is 4.57 Å². The third-order valence-electron chi connectivity index (χ3n) is 5.98. The Labute approximate surface area is 179 Å². The van der Waals surface area contributed by atoms with Crippen molar-refractivity contribution in [3.63, 3.8) is 0 Å². The summed E-state index contributed by atoms with van der Waals surface area (Å²) in [5.74, 6) is 0.0948. The Hall–Kier alpha value is -4.11. The molecule has 0 unspecified atom stereocenters. The molecule has 6 rings (SSSR count). The molecule has 146 valence electrons. The van der Waals surface area contributed by atoms with E-state index >= 15 is 0 Å². The number of carbonyl (C=O) groups is 1. The molecule has 0 saturated heterocycles. The molecule has 1 aromatic heterocycles. The smallest absolute Gasteiger partial charge is 0.228 e. The third-order valence-corrected chi connectivity index (χ3v) is 5.98. The quantitative estimate of drug-likeness (QED) is 0.212. The fraction of sp³-hybridized carbons (Fsp3) is 0.0357. The number of hydrogen-bond donors (Lipinski definition) is 0. The molecule has 0 aliphatic carbocycles. The molecule has 0 spiro atoms. The van der Waals surface area contributed by atoms with Crippen LogP contribution in [0, 0.1) is 0 Å². The maximum atomic E-state index is 13.7. The van der Waals surface area contributed by atoms with Crippen LogP contribution in [0.25, 0.3) is 43.1 Å². The number of benzene rings is 5. The topological polar surface area (TPSA) is 33.8 Å². The summed E-state index contributed by atoms with van der Waals surface area (Å²) in [5.41, 5.74) is 0.785. The minimum Gasteiger partial charge on any atom is -0.287 e. The van der Waals surface area contributed by atoms with E-state index in [0.29, 0.717) is 0 Å². The van der Waals surface area contributed by atoms with Crippen LogP contribution in [0.5, 0.6) is 0 Å². The van der Waals surface area contributed by atoms with Gasteiger partial charge in [0.05, 0.1) is 12.4 Å². The second kappa shape index (κ2) is 6.99. The first-order valence-corrected chi connectivity index (χ1v) is 10.4. The lowest BCUT2D eigenvalue weighted by molar-refractivity contribution is -0.683. The molecule has 6 aromatic rings. The Morgan fingerprint density at radius 2 is 1.10 bits per heavy atom. The number of Topliss-reactive ketones (excluding diaryl/α,β-unsaturated/α-hetero) is 1. The number of ketones is 1. The standard InChI is InChI=1S/C28H19N2O/c31-27(18-30-11-9-29-10-12-30)28-25-16-21-7-3-1-5-19(21)13-23(25)15-24-14-20-6-2-4-8-22(20)17-26(24)28/h1-17H,18H2/q+1. The Balaban J connectivity index is 1.70. The van der Waals surface area contributed by atoms with Gasteiger partial charge in [0, 0.05) is 5.56 Å². The van der Waals surface area contributed by atoms with Crippen molar-refractivity contribution in [2.45, 2.75) is 6.54 Å². The van der Waals surface area contributed by atoms with E-state index in [9.17, 15) is 4.79 Å². The molecule has 0 fully saturated rings. The van der Waals surface area contributed by atoms with Crippen molar-refractivity contribution in [3.05, 3.63) is 109 Å². The molecule has 31 heavy (non-hydrogen) atoms. The summed E-state index contributed by atoms with van der Waals surface area (Å²) in [6.45, 7) is 0.274. The molecule has 3 nitrogen and oxygen atoms in total. The first kappa shape index (κ1) is 17.7. The number of aromatic nitrogens is 2. The van der Waals surface area contributed by atoms with Crippen molar-refractivity contribution in [2.24, 2.45) is 0 Å². The van der Waals surface area contributed by atoms with Crippen LogP contribution in [-0.2, 0) is 6.54 Å². The molecule has 0 radical (unpaired) electrons. The lowest BCUT2D eigenvalue weighted by atomic mass is 9.90. The van der Waals surface area contributed by atoms with Crippen LogP contribution in [-0.4, -0.2) is 10.8 Å². The molecule has 0 aliphatic rings. The number of carbonyl (C=O) groups excluding carboxylic acids is 1. The molecule has 0 saturated carbocycles. The van der Waals surface area contributed by atoms with Crippen LogP contribution < -0.4 is 4.57 Å². The van der Waals surface area contributed by atoms with Gasteiger partial charge < -0.3 is 0 Å². The van der Waals surface area contributed by atoms with Gasteiger partial charge in [0.25, 0.3) is 0 Å². The van der Waals surface area contributed by atoms with Crippen molar-refractivity contribution in [1.82, 2.24) is 4.98 Å². The fourth-order valence-electron chi connectivity index (χ4n) is 4.50. The van der Waals surface area contributed by atoms with Gasteiger partial charge in [-0.25, -0.2) is 0 Å². The highest BCUT2D eigenvalue weighted by atomic mass is 16.1. The minimum absolute atomic E-state index is 0.0948. The number of fused-ring (bicyclic) bond motifs is 4. The van der Waals surface area contributed by atoms with Crippen LogP contribution in [0.15, 0.2) is 104 Å². The number of rotatable bonds is 3. The fourth-order valence-corrected chi connectivity index (χ4v) is 4.50. The van der Waals surface area contributed by atoms with Gasteiger partial charge in [0.15, 0.2) is 12.4 Å². The van der Waals surface area contributed by atoms with Gasteiger partial charge in [-0.15, -0.1) is 0 Å². The van der Waals surface area contributed by atoms with E-state index in [1.807, 2.05) is 29.1 Å². The summed E-state index contributed by atoms with van der Waals surface area (Å²) in [6.07, 6.45) is 7.07. The van der Waals surface area contributed by atoms with Gasteiger partial charge >= 0.3 is 0 Å². The second-order valence-electron chi connectivity index (χ2n) is 7.93. The highest BCUT2D eigenvalue weighted by Gasteiger charge is 2.19. The Morgan fingerprint density at radius 1 is 0.645 bits per heavy atom. The lowest BCUT2D eigenvalue weighted by Crippen LogP contribution is -2.37. The lowest BCUT2D eigenvalue weighted by Gasteiger charge is -2.12. The van der Waals surface area contributed by atoms with Crippen molar-refractivity contribution >= 4 is 48.9 Å². The van der Waals surface area contributed by atoms with E-state index in [1.165, 1.54) is 10.8 Å². The van der Waals surface area contributed by atoms with Crippen LogP contribution in [0.3, 0.4) is 0 Å². The van der Waals surface area contributed by atoms with Crippen LogP contribution in [0.2, 0.25) is 0 Å². The van der Waals surface area contributed by atoms with Crippen LogP contribution in [0.4, 0.5) is 0 Å². The first-order chi connectivity index (χ1) is 15.3. The summed E-state index contributed by atoms with van der Waals surface area (Å²) in [5, 5.41) is 8.81. The van der Waals surface area contributed by atoms with Crippen molar-refractivity contribution in [1.29, 1.82) is 0 Å². The van der Waals surface area contributed by atoms with Crippen molar-refractivity contribution in [2.75, 3.05) is 0 Å². The van der Waals surface area contributed by atoms with E-state index in [4.69, 9.17) is 0 Å². The monoisotopic (exact) mass is 399 g/mol. The predicted octanol–water partition coefficient (Wildman–Crippen LogP) is 5.86. The summed E-state index contributed by atoms with van der Waals surface area (Å²) in [4.78, 5) is 17.7. The average molecular weight is 399 g/mol. The molecule has 1 heterocycles. The molecule has 5 aromatic carbocycles. The van der Waals surface area contributed by atoms with Crippen molar-refractivity contribution in [3.8, 4) is 0 Å². The maximum absolute atomic E-state index is 13.7. The molecule has 0 bridgehead atoms. The van der Waals surface area contributed by atoms with E-state index in [-0.39, 0.29) is 12.3 Å². The van der Waals surface area contributed by atoms with Gasteiger partial charge in [-0.3, -0.25) is 9.78 Å². The van der Waals surface area contributed by atoms with Gasteiger partial charge in [0.1, 0.15) is 0 Å². The molecule has 0 amide bonds. The van der Waals surface area contributed by atoms with E-state index < -0.39 is 0 Å². The van der Waals surface area contributed by atoms with Crippen LogP contribution >= 0.6 is 0 Å². The zero-order valence-corrected chi connectivity index (χ0v) is 16.8. The van der Waals surface area contributed by atoms with E-state index in [0.717, 1.165) is 37.9 Å². The van der Waals surface area contributed by atoms with Gasteiger partial charge in [-0.1, -0.05) is 48.5 Å². The summed E-state index contributed by atoms with van der Waals surface area (Å²) in [7, 11) is 0.